The van der Waals surface area contributed by atoms with E-state index < -0.39 is 0 Å². The van der Waals surface area contributed by atoms with Crippen molar-refractivity contribution in [2.75, 3.05) is 0 Å². The third-order valence-corrected chi connectivity index (χ3v) is 5.83. The zero-order valence-corrected chi connectivity index (χ0v) is 14.1. The molecule has 1 atom stereocenters. The molecule has 1 fully saturated rings. The third kappa shape index (κ3) is 4.64. The molecule has 100 valence electrons. The Morgan fingerprint density at radius 2 is 1.68 bits per heavy atom. The van der Waals surface area contributed by atoms with E-state index in [0.29, 0.717) is 21.3 Å². The van der Waals surface area contributed by atoms with Crippen LogP contribution in [0.2, 0.25) is 15.1 Å². The molecule has 1 unspecified atom stereocenters. The first-order valence-electron chi connectivity index (χ1n) is 6.04. The number of rotatable bonds is 3. The smallest absolute Gasteiger partial charge is 1.00 e. The number of halogens is 3. The summed E-state index contributed by atoms with van der Waals surface area (Å²) < 4.78 is 0. The molecule has 0 amide bonds. The molecule has 0 spiro atoms. The Bertz CT molecular complexity index is 467. The van der Waals surface area contributed by atoms with Gasteiger partial charge in [0.15, 0.2) is 5.52 Å². The summed E-state index contributed by atoms with van der Waals surface area (Å²) in [6, 6.07) is 3.25. The summed E-state index contributed by atoms with van der Waals surface area (Å²) in [7, 11) is 0.255. The standard InChI is InChI=1S/C13H14Cl3OP.Li.H/c14-9-6-7-10(15)12(16)11(9)13(17)18-8-4-2-1-3-5-8;;/h6-8,18H,1-5H2;;/q;+1;-1. The van der Waals surface area contributed by atoms with E-state index in [9.17, 15) is 4.79 Å². The average molecular weight is 332 g/mol. The fourth-order valence-corrected chi connectivity index (χ4v) is 4.57. The molecule has 1 aliphatic rings. The number of benzene rings is 1. The molecule has 2 rings (SSSR count). The number of carbonyl (C=O) groups excluding carboxylic acids is 1. The topological polar surface area (TPSA) is 17.1 Å². The van der Waals surface area contributed by atoms with Crippen molar-refractivity contribution in [2.24, 2.45) is 0 Å². The van der Waals surface area contributed by atoms with Gasteiger partial charge in [-0.15, -0.1) is 0 Å². The van der Waals surface area contributed by atoms with Gasteiger partial charge in [-0.2, -0.15) is 0 Å². The van der Waals surface area contributed by atoms with Crippen LogP contribution in [0.4, 0.5) is 0 Å². The molecule has 0 bridgehead atoms. The molecule has 1 aliphatic carbocycles. The molecule has 1 saturated carbocycles. The van der Waals surface area contributed by atoms with Crippen molar-refractivity contribution in [2.45, 2.75) is 37.8 Å². The van der Waals surface area contributed by atoms with Crippen LogP contribution in [0.1, 0.15) is 43.9 Å². The fraction of sp³-hybridized carbons (Fsp3) is 0.462. The summed E-state index contributed by atoms with van der Waals surface area (Å²) in [5, 5.41) is 1.08. The molecule has 1 nitrogen and oxygen atoms in total. The largest absolute Gasteiger partial charge is 1.00 e. The predicted octanol–water partition coefficient (Wildman–Crippen LogP) is 2.91. The van der Waals surface area contributed by atoms with Crippen molar-refractivity contribution >= 4 is 48.9 Å². The first kappa shape index (κ1) is 17.8. The van der Waals surface area contributed by atoms with Gasteiger partial charge in [-0.05, 0) is 39.2 Å². The van der Waals surface area contributed by atoms with E-state index in [1.807, 2.05) is 0 Å². The van der Waals surface area contributed by atoms with Crippen molar-refractivity contribution in [3.63, 3.8) is 0 Å². The van der Waals surface area contributed by atoms with Gasteiger partial charge in [0, 0.05) is 0 Å². The van der Waals surface area contributed by atoms with E-state index in [1.165, 1.54) is 19.3 Å². The first-order valence-corrected chi connectivity index (χ1v) is 8.25. The Labute approximate surface area is 144 Å². The van der Waals surface area contributed by atoms with Crippen molar-refractivity contribution in [3.8, 4) is 0 Å². The van der Waals surface area contributed by atoms with E-state index in [4.69, 9.17) is 34.8 Å². The zero-order chi connectivity index (χ0) is 13.1. The molecule has 0 saturated heterocycles. The van der Waals surface area contributed by atoms with Crippen LogP contribution in [0, 0.1) is 0 Å². The van der Waals surface area contributed by atoms with Crippen molar-refractivity contribution in [1.29, 1.82) is 0 Å². The van der Waals surface area contributed by atoms with Crippen LogP contribution in [0.5, 0.6) is 0 Å². The molecule has 0 heterocycles. The van der Waals surface area contributed by atoms with Crippen LogP contribution in [-0.2, 0) is 0 Å². The van der Waals surface area contributed by atoms with Gasteiger partial charge in [0.1, 0.15) is 0 Å². The third-order valence-electron chi connectivity index (χ3n) is 3.21. The monoisotopic (exact) mass is 330 g/mol. The second-order valence-corrected chi connectivity index (χ2v) is 7.28. The molecule has 19 heavy (non-hydrogen) atoms. The van der Waals surface area contributed by atoms with E-state index in [1.54, 1.807) is 12.1 Å². The molecular formula is C13H15Cl3LiOP. The Morgan fingerprint density at radius 1 is 1.11 bits per heavy atom. The van der Waals surface area contributed by atoms with Crippen LogP contribution in [-0.4, -0.2) is 11.2 Å². The van der Waals surface area contributed by atoms with Crippen LogP contribution < -0.4 is 18.9 Å². The SMILES string of the molecule is O=C(PC1CCCCC1)c1c(Cl)ccc(Cl)c1Cl.[H-].[Li+]. The van der Waals surface area contributed by atoms with E-state index in [2.05, 4.69) is 0 Å². The number of hydrogen-bond donors (Lipinski definition) is 0. The maximum absolute atomic E-state index is 12.3. The normalized spacial score (nSPS) is 16.6. The quantitative estimate of drug-likeness (QED) is 0.473. The van der Waals surface area contributed by atoms with Crippen LogP contribution in [0.3, 0.4) is 0 Å². The summed E-state index contributed by atoms with van der Waals surface area (Å²) in [5.74, 6) is 0. The van der Waals surface area contributed by atoms with E-state index in [0.717, 1.165) is 12.8 Å². The summed E-state index contributed by atoms with van der Waals surface area (Å²) in [6.07, 6.45) is 6.01. The Kier molecular flexibility index (Phi) is 7.78. The predicted molar refractivity (Wildman–Crippen MR) is 82.1 cm³/mol. The van der Waals surface area contributed by atoms with E-state index in [-0.39, 0.29) is 39.4 Å². The van der Waals surface area contributed by atoms with Gasteiger partial charge in [-0.1, -0.05) is 54.1 Å². The van der Waals surface area contributed by atoms with Gasteiger partial charge >= 0.3 is 18.9 Å². The maximum atomic E-state index is 12.3. The molecule has 0 aromatic heterocycles. The van der Waals surface area contributed by atoms with Crippen LogP contribution in [0.15, 0.2) is 12.1 Å². The molecule has 0 aliphatic heterocycles. The second kappa shape index (κ2) is 8.28. The van der Waals surface area contributed by atoms with Gasteiger partial charge in [0.25, 0.3) is 0 Å². The van der Waals surface area contributed by atoms with Crippen molar-refractivity contribution < 1.29 is 25.1 Å². The molecule has 1 aromatic carbocycles. The van der Waals surface area contributed by atoms with Gasteiger partial charge in [0.05, 0.1) is 20.6 Å². The Morgan fingerprint density at radius 3 is 2.32 bits per heavy atom. The molecule has 0 radical (unpaired) electrons. The van der Waals surface area contributed by atoms with Gasteiger partial charge in [-0.3, -0.25) is 4.79 Å². The Balaban J connectivity index is 0.00000180. The summed E-state index contributed by atoms with van der Waals surface area (Å²) in [6.45, 7) is 0. The summed E-state index contributed by atoms with van der Waals surface area (Å²) in [5.41, 5.74) is 0.937. The number of hydrogen-bond acceptors (Lipinski definition) is 1. The van der Waals surface area contributed by atoms with Crippen LogP contribution in [0.25, 0.3) is 0 Å². The zero-order valence-electron chi connectivity index (χ0n) is 11.8. The summed E-state index contributed by atoms with van der Waals surface area (Å²) in [4.78, 5) is 12.3. The second-order valence-electron chi connectivity index (χ2n) is 4.53. The minimum atomic E-state index is 0. The average Bonchev–Trinajstić information content (AvgIpc) is 2.36. The fourth-order valence-electron chi connectivity index (χ4n) is 2.24. The molecule has 6 heteroatoms. The Hall–Kier alpha value is 0.787. The van der Waals surface area contributed by atoms with Gasteiger partial charge < -0.3 is 1.43 Å². The molecule has 0 N–H and O–H groups in total. The minimum absolute atomic E-state index is 0. The van der Waals surface area contributed by atoms with Crippen molar-refractivity contribution in [3.05, 3.63) is 32.8 Å². The van der Waals surface area contributed by atoms with Gasteiger partial charge in [-0.25, -0.2) is 0 Å². The maximum Gasteiger partial charge on any atom is 1.00 e. The minimum Gasteiger partial charge on any atom is -1.00 e. The van der Waals surface area contributed by atoms with Crippen LogP contribution >= 0.6 is 43.4 Å². The van der Waals surface area contributed by atoms with Gasteiger partial charge in [0.2, 0.25) is 0 Å². The number of carbonyl (C=O) groups is 1. The first-order chi connectivity index (χ1) is 8.59. The van der Waals surface area contributed by atoms with Crippen molar-refractivity contribution in [1.82, 2.24) is 0 Å². The molecular weight excluding hydrogens is 316 g/mol. The van der Waals surface area contributed by atoms with E-state index >= 15 is 0 Å². The molecule has 1 aromatic rings. The summed E-state index contributed by atoms with van der Waals surface area (Å²) >= 11 is 18.1.